The predicted molar refractivity (Wildman–Crippen MR) is 186 cm³/mol. The van der Waals surface area contributed by atoms with Crippen LogP contribution in [0.25, 0.3) is 0 Å². The number of carbonyl (C=O) groups is 3. The fraction of sp³-hybridized carbons (Fsp3) is 0.514. The Bertz CT molecular complexity index is 1850. The molecule has 18 heteroatoms. The van der Waals surface area contributed by atoms with Gasteiger partial charge in [-0.1, -0.05) is 25.5 Å². The molecule has 300 valence electrons. The fourth-order valence-corrected chi connectivity index (χ4v) is 8.20. The van der Waals surface area contributed by atoms with E-state index < -0.39 is 69.3 Å². The third-order valence-corrected chi connectivity index (χ3v) is 11.1. The second kappa shape index (κ2) is 16.7. The van der Waals surface area contributed by atoms with Crippen molar-refractivity contribution in [3.05, 3.63) is 75.5 Å². The molecule has 0 saturated carbocycles. The first kappa shape index (κ1) is 41.7. The molecule has 1 aromatic carbocycles. The van der Waals surface area contributed by atoms with Crippen LogP contribution in [0.15, 0.2) is 48.0 Å². The third kappa shape index (κ3) is 8.84. The predicted octanol–water partition coefficient (Wildman–Crippen LogP) is 7.52. The summed E-state index contributed by atoms with van der Waals surface area (Å²) in [5, 5.41) is 13.3. The topological polar surface area (TPSA) is 121 Å². The number of para-hydroxylation sites is 1. The van der Waals surface area contributed by atoms with Gasteiger partial charge in [0, 0.05) is 55.7 Å². The van der Waals surface area contributed by atoms with Crippen LogP contribution in [-0.4, -0.2) is 82.6 Å². The van der Waals surface area contributed by atoms with Crippen molar-refractivity contribution in [2.45, 2.75) is 87.8 Å². The second-order valence-electron chi connectivity index (χ2n) is 13.5. The summed E-state index contributed by atoms with van der Waals surface area (Å²) in [5.41, 5.74) is -4.64. The zero-order valence-electron chi connectivity index (χ0n) is 30.1. The van der Waals surface area contributed by atoms with Crippen molar-refractivity contribution in [3.63, 3.8) is 0 Å². The van der Waals surface area contributed by atoms with E-state index in [1.807, 2.05) is 0 Å². The number of carboxylic acids is 1. The molecule has 2 atom stereocenters. The van der Waals surface area contributed by atoms with Crippen LogP contribution in [0.1, 0.15) is 84.8 Å². The van der Waals surface area contributed by atoms with Gasteiger partial charge in [-0.05, 0) is 57.4 Å². The van der Waals surface area contributed by atoms with Gasteiger partial charge in [0.2, 0.25) is 5.60 Å². The average molecular weight is 803 g/mol. The molecule has 0 radical (unpaired) electrons. The first-order valence-electron chi connectivity index (χ1n) is 17.8. The number of pyridine rings is 1. The number of nitrogens with one attached hydrogen (secondary N) is 1. The summed E-state index contributed by atoms with van der Waals surface area (Å²) < 4.78 is 111. The lowest BCUT2D eigenvalue weighted by atomic mass is 9.77. The quantitative estimate of drug-likeness (QED) is 0.135. The second-order valence-corrected chi connectivity index (χ2v) is 14.4. The number of aliphatic carboxylic acids is 1. The van der Waals surface area contributed by atoms with Gasteiger partial charge in [0.1, 0.15) is 16.3 Å². The molecule has 2 aliphatic heterocycles. The van der Waals surface area contributed by atoms with Crippen molar-refractivity contribution in [2.75, 3.05) is 33.3 Å². The lowest BCUT2D eigenvalue weighted by Crippen LogP contribution is -2.69. The normalized spacial score (nSPS) is 20.3. The van der Waals surface area contributed by atoms with Crippen LogP contribution in [-0.2, 0) is 27.5 Å². The number of thiophene rings is 1. The number of ether oxygens (including phenoxy) is 2. The van der Waals surface area contributed by atoms with Gasteiger partial charge in [0.05, 0.1) is 23.8 Å². The summed E-state index contributed by atoms with van der Waals surface area (Å²) in [5.74, 6) is -3.80. The molecule has 2 N–H and O–H groups in total. The van der Waals surface area contributed by atoms with Gasteiger partial charge in [0.15, 0.2) is 11.6 Å². The molecule has 2 aromatic heterocycles. The molecule has 10 nitrogen and oxygen atoms in total. The Morgan fingerprint density at radius 1 is 1.04 bits per heavy atom. The molecule has 2 unspecified atom stereocenters. The fourth-order valence-electron chi connectivity index (χ4n) is 7.52. The van der Waals surface area contributed by atoms with Gasteiger partial charge in [-0.3, -0.25) is 19.4 Å². The first-order valence-corrected chi connectivity index (χ1v) is 18.6. The smallest absolute Gasteiger partial charge is 0.425 e. The Labute approximate surface area is 316 Å². The molecule has 4 heterocycles. The lowest BCUT2D eigenvalue weighted by Gasteiger charge is -2.51. The van der Waals surface area contributed by atoms with E-state index in [2.05, 4.69) is 10.3 Å². The summed E-state index contributed by atoms with van der Waals surface area (Å²) in [4.78, 5) is 45.4. The van der Waals surface area contributed by atoms with E-state index in [4.69, 9.17) is 14.6 Å². The van der Waals surface area contributed by atoms with Crippen LogP contribution in [0.3, 0.4) is 0 Å². The highest BCUT2D eigenvalue weighted by Gasteiger charge is 2.57. The highest BCUT2D eigenvalue weighted by atomic mass is 32.1. The van der Waals surface area contributed by atoms with Gasteiger partial charge in [-0.15, -0.1) is 11.3 Å². The van der Waals surface area contributed by atoms with Crippen molar-refractivity contribution < 1.29 is 59.7 Å². The zero-order chi connectivity index (χ0) is 40.2. The minimum atomic E-state index is -4.93. The number of benzene rings is 1. The van der Waals surface area contributed by atoms with E-state index in [-0.39, 0.29) is 82.7 Å². The molecular formula is C37H41F7N4O6S. The number of aromatic nitrogens is 1. The van der Waals surface area contributed by atoms with Crippen LogP contribution in [0, 0.1) is 5.82 Å². The summed E-state index contributed by atoms with van der Waals surface area (Å²) in [6.45, 7) is 1.67. The molecule has 5 rings (SSSR count). The molecule has 2 fully saturated rings. The van der Waals surface area contributed by atoms with E-state index >= 15 is 4.39 Å². The van der Waals surface area contributed by atoms with E-state index in [1.165, 1.54) is 17.0 Å². The van der Waals surface area contributed by atoms with Gasteiger partial charge < -0.3 is 29.7 Å². The van der Waals surface area contributed by atoms with Crippen LogP contribution < -0.4 is 14.8 Å². The van der Waals surface area contributed by atoms with Crippen molar-refractivity contribution in [3.8, 4) is 11.5 Å². The maximum absolute atomic E-state index is 15.2. The summed E-state index contributed by atoms with van der Waals surface area (Å²) in [7, 11) is 1.66. The zero-order valence-corrected chi connectivity index (χ0v) is 30.9. The number of amides is 2. The monoisotopic (exact) mass is 802 g/mol. The van der Waals surface area contributed by atoms with Crippen molar-refractivity contribution in [1.82, 2.24) is 20.1 Å². The van der Waals surface area contributed by atoms with Crippen molar-refractivity contribution in [2.24, 2.45) is 0 Å². The van der Waals surface area contributed by atoms with Crippen molar-refractivity contribution in [1.29, 1.82) is 0 Å². The molecule has 0 bridgehead atoms. The first-order chi connectivity index (χ1) is 26.0. The van der Waals surface area contributed by atoms with E-state index in [0.717, 1.165) is 34.7 Å². The maximum Gasteiger partial charge on any atom is 0.425 e. The SMILES string of the molecule is CCCC1N(C(=O)c2ncccc2C(F)(F)F)CCCC1(Oc1csc(C(F)(F)F)c1)C(=O)N1CCC(NC)(c2cccc(F)c2OCCCC(=O)O)CC1. The van der Waals surface area contributed by atoms with Crippen LogP contribution in [0.4, 0.5) is 30.7 Å². The number of hydrogen-bond acceptors (Lipinski definition) is 8. The largest absolute Gasteiger partial charge is 0.490 e. The van der Waals surface area contributed by atoms with Gasteiger partial charge >= 0.3 is 18.3 Å². The van der Waals surface area contributed by atoms with Gasteiger partial charge in [-0.2, -0.15) is 26.3 Å². The Morgan fingerprint density at radius 2 is 1.76 bits per heavy atom. The van der Waals surface area contributed by atoms with Crippen LogP contribution >= 0.6 is 11.3 Å². The summed E-state index contributed by atoms with van der Waals surface area (Å²) >= 11 is 0.355. The molecule has 55 heavy (non-hydrogen) atoms. The standard InChI is InChI=1S/C37H41F7N4O6S/c1-3-8-27-35(54-23-21-28(55-22-23)37(42,43)44,13-7-17-48(27)32(51)30-24(36(39,40)41)10-5-16-46-30)33(52)47-18-14-34(45-2,15-19-47)25-9-4-11-26(38)31(25)53-20-6-12-29(49)50/h4-5,9-11,16,21-22,27,45H,3,6-8,12-15,17-20H2,1-2H3,(H,49,50). The van der Waals surface area contributed by atoms with Gasteiger partial charge in [-0.25, -0.2) is 4.39 Å². The minimum absolute atomic E-state index is 0.0302. The van der Waals surface area contributed by atoms with Gasteiger partial charge in [0.25, 0.3) is 11.8 Å². The number of alkyl halides is 6. The number of halogens is 7. The third-order valence-electron chi connectivity index (χ3n) is 10.2. The van der Waals surface area contributed by atoms with Crippen molar-refractivity contribution >= 4 is 29.1 Å². The highest BCUT2D eigenvalue weighted by molar-refractivity contribution is 7.10. The Kier molecular flexibility index (Phi) is 12.7. The Morgan fingerprint density at radius 3 is 2.38 bits per heavy atom. The number of nitrogens with zero attached hydrogens (tertiary/aromatic N) is 3. The molecule has 0 spiro atoms. The number of rotatable bonds is 13. The van der Waals surface area contributed by atoms with E-state index in [0.29, 0.717) is 23.3 Å². The molecule has 2 amide bonds. The average Bonchev–Trinajstić information content (AvgIpc) is 3.63. The van der Waals surface area contributed by atoms with E-state index in [1.54, 1.807) is 20.0 Å². The van der Waals surface area contributed by atoms with Crippen LogP contribution in [0.5, 0.6) is 11.5 Å². The number of likely N-dealkylation sites (tertiary alicyclic amines) is 2. The number of carboxylic acid groups (broad SMARTS) is 1. The molecular weight excluding hydrogens is 761 g/mol. The highest BCUT2D eigenvalue weighted by Crippen LogP contribution is 2.45. The maximum atomic E-state index is 15.2. The lowest BCUT2D eigenvalue weighted by molar-refractivity contribution is -0.161. The molecule has 2 aliphatic rings. The number of hydrogen-bond donors (Lipinski definition) is 2. The van der Waals surface area contributed by atoms with Crippen LogP contribution in [0.2, 0.25) is 0 Å². The summed E-state index contributed by atoms with van der Waals surface area (Å²) in [6, 6.07) is 5.70. The Balaban J connectivity index is 1.51. The number of piperidine rings is 2. The summed E-state index contributed by atoms with van der Waals surface area (Å²) in [6.07, 6.45) is -7.86. The molecule has 2 saturated heterocycles. The molecule has 0 aliphatic carbocycles. The Hall–Kier alpha value is -4.45. The number of carbonyl (C=O) groups excluding carboxylic acids is 2. The minimum Gasteiger partial charge on any atom is -0.490 e. The van der Waals surface area contributed by atoms with E-state index in [9.17, 15) is 40.7 Å². The molecule has 3 aromatic rings.